The summed E-state index contributed by atoms with van der Waals surface area (Å²) in [5, 5.41) is 15.6. The van der Waals surface area contributed by atoms with Gasteiger partial charge in [0.1, 0.15) is 17.9 Å². The highest BCUT2D eigenvalue weighted by Gasteiger charge is 2.44. The Kier molecular flexibility index (Phi) is 11.0. The predicted molar refractivity (Wildman–Crippen MR) is 243 cm³/mol. The number of hydrogen-bond donors (Lipinski definition) is 8. The van der Waals surface area contributed by atoms with Crippen molar-refractivity contribution < 1.29 is 56.5 Å². The van der Waals surface area contributed by atoms with Gasteiger partial charge in [0.2, 0.25) is 0 Å². The van der Waals surface area contributed by atoms with E-state index in [-0.39, 0.29) is 52.2 Å². The fourth-order valence-electron chi connectivity index (χ4n) is 10.1. The number of aromatic amines is 3. The summed E-state index contributed by atoms with van der Waals surface area (Å²) in [7, 11) is -10.4. The summed E-state index contributed by atoms with van der Waals surface area (Å²) in [6, 6.07) is 9.76. The molecular formula is C41H31ClF3N9O15P2. The fraction of sp³-hybridized carbons (Fsp3) is 0.244. The van der Waals surface area contributed by atoms with E-state index in [1.807, 2.05) is 0 Å². The normalized spacial score (nSPS) is 17.7. The first-order chi connectivity index (χ1) is 33.4. The van der Waals surface area contributed by atoms with Gasteiger partial charge in [-0.3, -0.25) is 56.7 Å². The number of H-pyrrole nitrogens is 3. The van der Waals surface area contributed by atoms with E-state index in [9.17, 15) is 62.3 Å². The Bertz CT molecular complexity index is 4160. The smallest absolute Gasteiger partial charge is 0.450 e. The standard InChI is InChI=1S/C29H22F3N7O10P2.C12H9ClN2O5/c30-29(31,32)15-9-16-22-14(6-8-17(50(44,45)46)38(22)27(43)26(42)37(16)28-33-10-34-36-28)19(15)20-12-4-2-1-3-11(12)13-5-7-18(51(47,48)49)39-23(13)21(20)35-24(40)25(39)41;13-6-3-5-1-2-8(20-12(18)19)15-9(5)7(4-6)14-10(16)11(15)17/h1-4,9-10,17-18H,5-8H2,(H,35,40)(H,33,34,36)(H2,44,45,46)(H2,47,48,49);3-4,8H,1-2H2,(H,14,16)(H,18,19). The number of rotatable bonds is 5. The number of aryl methyl sites for hydroxylation is 3. The molecule has 0 saturated heterocycles. The van der Waals surface area contributed by atoms with Gasteiger partial charge in [0.15, 0.2) is 6.23 Å². The summed E-state index contributed by atoms with van der Waals surface area (Å²) >= 11 is 5.96. The molecule has 3 aliphatic heterocycles. The van der Waals surface area contributed by atoms with Crippen LogP contribution in [0, 0.1) is 0 Å². The minimum absolute atomic E-state index is 0.0400. The molecule has 8 N–H and O–H groups in total. The minimum Gasteiger partial charge on any atom is -0.450 e. The Morgan fingerprint density at radius 2 is 1.37 bits per heavy atom. The molecule has 30 heteroatoms. The number of carbonyl (C=O) groups is 1. The van der Waals surface area contributed by atoms with Crippen molar-refractivity contribution in [1.82, 2.24) is 43.4 Å². The lowest BCUT2D eigenvalue weighted by Crippen LogP contribution is -2.44. The molecule has 4 aromatic heterocycles. The molecule has 11 rings (SSSR count). The van der Waals surface area contributed by atoms with Crippen LogP contribution in [0.2, 0.25) is 5.02 Å². The number of nitrogens with zero attached hydrogens (tertiary/aromatic N) is 6. The first-order valence-electron chi connectivity index (χ1n) is 20.9. The highest BCUT2D eigenvalue weighted by Crippen LogP contribution is 2.58. The van der Waals surface area contributed by atoms with Gasteiger partial charge >= 0.3 is 60.9 Å². The molecule has 0 spiro atoms. The Hall–Kier alpha value is -7.25. The average molecular weight is 1040 g/mol. The third kappa shape index (κ3) is 7.50. The molecule has 71 heavy (non-hydrogen) atoms. The van der Waals surface area contributed by atoms with Gasteiger partial charge in [-0.2, -0.15) is 18.2 Å². The molecule has 8 aromatic rings. The number of fused-ring (bicyclic) bond motifs is 2. The number of aromatic nitrogens is 9. The lowest BCUT2D eigenvalue weighted by Gasteiger charge is -2.33. The van der Waals surface area contributed by atoms with Crippen LogP contribution in [0.1, 0.15) is 59.3 Å². The largest absolute Gasteiger partial charge is 0.507 e. The SMILES string of the molecule is O=C(O)OC1CCc2cc(Cl)cc3[nH]c(=O)c(=O)n1c23.O=c1[nH]c2c(-c3c(C(F)(F)F)cc4c5c3CCC(P(=O)(O)O)n5c(=O)c(=O)n4-c3nc[nH]n3)c3ccccc3c3c2n(c1=O)C(P(=O)(O)O)CC3. The molecule has 0 fully saturated rings. The maximum atomic E-state index is 15.5. The van der Waals surface area contributed by atoms with Crippen molar-refractivity contribution in [2.75, 3.05) is 0 Å². The van der Waals surface area contributed by atoms with E-state index in [1.165, 1.54) is 24.3 Å². The van der Waals surface area contributed by atoms with Gasteiger partial charge in [-0.15, -0.1) is 5.10 Å². The fourth-order valence-corrected chi connectivity index (χ4v) is 12.3. The summed E-state index contributed by atoms with van der Waals surface area (Å²) in [5.74, 6) is -4.30. The quantitative estimate of drug-likeness (QED) is 0.0525. The van der Waals surface area contributed by atoms with Crippen LogP contribution < -0.4 is 33.4 Å². The highest BCUT2D eigenvalue weighted by atomic mass is 35.5. The van der Waals surface area contributed by atoms with Crippen LogP contribution in [0.3, 0.4) is 0 Å². The molecule has 7 heterocycles. The Morgan fingerprint density at radius 3 is 1.99 bits per heavy atom. The minimum atomic E-state index is -5.24. The first kappa shape index (κ1) is 47.4. The molecule has 368 valence electrons. The molecule has 3 atom stereocenters. The molecule has 3 aliphatic rings. The van der Waals surface area contributed by atoms with Crippen molar-refractivity contribution >= 4 is 76.8 Å². The zero-order valence-electron chi connectivity index (χ0n) is 35.5. The predicted octanol–water partition coefficient (Wildman–Crippen LogP) is 3.84. The number of benzene rings is 4. The Morgan fingerprint density at radius 1 is 0.746 bits per heavy atom. The van der Waals surface area contributed by atoms with Crippen LogP contribution in [0.4, 0.5) is 18.0 Å². The van der Waals surface area contributed by atoms with Gasteiger partial charge in [0, 0.05) is 22.6 Å². The lowest BCUT2D eigenvalue weighted by atomic mass is 9.83. The second kappa shape index (κ2) is 16.4. The molecule has 0 aliphatic carbocycles. The van der Waals surface area contributed by atoms with E-state index in [0.717, 1.165) is 16.5 Å². The van der Waals surface area contributed by atoms with Gasteiger partial charge in [0.05, 0.1) is 38.7 Å². The summed E-state index contributed by atoms with van der Waals surface area (Å²) in [6.07, 6.45) is -7.37. The zero-order chi connectivity index (χ0) is 51.0. The summed E-state index contributed by atoms with van der Waals surface area (Å²) in [6.45, 7) is 0. The van der Waals surface area contributed by atoms with Gasteiger partial charge in [-0.1, -0.05) is 35.9 Å². The van der Waals surface area contributed by atoms with Crippen molar-refractivity contribution in [1.29, 1.82) is 0 Å². The number of halogens is 4. The van der Waals surface area contributed by atoms with E-state index < -0.39 is 120 Å². The van der Waals surface area contributed by atoms with E-state index in [2.05, 4.69) is 25.1 Å². The van der Waals surface area contributed by atoms with Gasteiger partial charge in [-0.25, -0.2) is 9.36 Å². The number of carboxylic acid groups (broad SMARTS) is 1. The van der Waals surface area contributed by atoms with Crippen LogP contribution in [0.5, 0.6) is 0 Å². The average Bonchev–Trinajstić information content (AvgIpc) is 3.83. The second-order valence-corrected chi connectivity index (χ2v) is 20.7. The van der Waals surface area contributed by atoms with E-state index in [1.54, 1.807) is 12.1 Å². The van der Waals surface area contributed by atoms with Gasteiger partial charge < -0.3 is 39.4 Å². The van der Waals surface area contributed by atoms with Crippen molar-refractivity contribution in [3.05, 3.63) is 138 Å². The number of ether oxygens (including phenoxy) is 1. The molecular weight excluding hydrogens is 1010 g/mol. The van der Waals surface area contributed by atoms with Crippen LogP contribution in [0.25, 0.3) is 60.9 Å². The summed E-state index contributed by atoms with van der Waals surface area (Å²) < 4.78 is 79.1. The second-order valence-electron chi connectivity index (χ2n) is 16.7. The zero-order valence-corrected chi connectivity index (χ0v) is 38.0. The van der Waals surface area contributed by atoms with E-state index in [4.69, 9.17) is 21.4 Å². The number of nitrogens with one attached hydrogen (secondary N) is 3. The van der Waals surface area contributed by atoms with E-state index in [0.29, 0.717) is 47.8 Å². The van der Waals surface area contributed by atoms with Gasteiger partial charge in [-0.05, 0) is 77.8 Å². The maximum Gasteiger partial charge on any atom is 0.507 e. The molecule has 4 aromatic carbocycles. The van der Waals surface area contributed by atoms with E-state index >= 15 is 13.2 Å². The highest BCUT2D eigenvalue weighted by molar-refractivity contribution is 7.52. The molecule has 3 unspecified atom stereocenters. The molecule has 0 radical (unpaired) electrons. The Balaban J connectivity index is 0.000000242. The van der Waals surface area contributed by atoms with Crippen molar-refractivity contribution in [3.8, 4) is 17.1 Å². The van der Waals surface area contributed by atoms with Crippen LogP contribution in [-0.4, -0.2) is 74.3 Å². The summed E-state index contributed by atoms with van der Waals surface area (Å²) in [4.78, 5) is 138. The first-order valence-corrected chi connectivity index (χ1v) is 24.6. The molecule has 0 bridgehead atoms. The molecule has 0 saturated carbocycles. The van der Waals surface area contributed by atoms with Crippen molar-refractivity contribution in [2.45, 2.75) is 62.5 Å². The topological polar surface area (TPSA) is 357 Å². The molecule has 24 nitrogen and oxygen atoms in total. The maximum absolute atomic E-state index is 15.5. The third-order valence-corrected chi connectivity index (χ3v) is 15.5. The molecule has 0 amide bonds. The third-order valence-electron chi connectivity index (χ3n) is 12.7. The van der Waals surface area contributed by atoms with Crippen LogP contribution >= 0.6 is 26.8 Å². The van der Waals surface area contributed by atoms with Gasteiger partial charge in [0.25, 0.3) is 5.95 Å². The van der Waals surface area contributed by atoms with Crippen LogP contribution in [-0.2, 0) is 39.3 Å². The van der Waals surface area contributed by atoms with Crippen molar-refractivity contribution in [2.24, 2.45) is 0 Å². The lowest BCUT2D eigenvalue weighted by molar-refractivity contribution is -0.137. The summed E-state index contributed by atoms with van der Waals surface area (Å²) in [5.41, 5.74) is -9.82. The van der Waals surface area contributed by atoms with Crippen molar-refractivity contribution in [3.63, 3.8) is 0 Å². The Labute approximate surface area is 393 Å². The monoisotopic (exact) mass is 1040 g/mol. The number of hydrogen-bond acceptors (Lipinski definition) is 12. The van der Waals surface area contributed by atoms with Crippen LogP contribution in [0.15, 0.2) is 77.6 Å². The number of alkyl halides is 3.